The van der Waals surface area contributed by atoms with Crippen molar-refractivity contribution in [3.8, 4) is 0 Å². The Bertz CT molecular complexity index is 411. The summed E-state index contributed by atoms with van der Waals surface area (Å²) in [5.41, 5.74) is 0.0229. The summed E-state index contributed by atoms with van der Waals surface area (Å²) in [4.78, 5) is 0. The number of aryl methyl sites for hydroxylation is 1. The van der Waals surface area contributed by atoms with Gasteiger partial charge in [-0.15, -0.1) is 0 Å². The Morgan fingerprint density at radius 1 is 1.05 bits per heavy atom. The summed E-state index contributed by atoms with van der Waals surface area (Å²) >= 11 is 0. The molecule has 1 aromatic carbocycles. The van der Waals surface area contributed by atoms with E-state index in [-0.39, 0.29) is 0 Å². The Labute approximate surface area is 118 Å². The van der Waals surface area contributed by atoms with Crippen LogP contribution in [0.3, 0.4) is 0 Å². The fraction of sp³-hybridized carbons (Fsp3) is 0.538. The van der Waals surface area contributed by atoms with E-state index in [2.05, 4.69) is 0 Å². The molecule has 0 fully saturated rings. The van der Waals surface area contributed by atoms with Crippen molar-refractivity contribution in [2.24, 2.45) is 0 Å². The quantitative estimate of drug-likeness (QED) is 0.721. The largest absolute Gasteiger partial charge is 0.500 e. The highest BCUT2D eigenvalue weighted by molar-refractivity contribution is 6.60. The van der Waals surface area contributed by atoms with E-state index in [0.29, 0.717) is 24.4 Å². The van der Waals surface area contributed by atoms with Gasteiger partial charge in [-0.25, -0.2) is 0 Å². The van der Waals surface area contributed by atoms with E-state index in [9.17, 15) is 13.2 Å². The van der Waals surface area contributed by atoms with Crippen LogP contribution in [-0.2, 0) is 25.9 Å². The minimum absolute atomic E-state index is 0.523. The Kier molecular flexibility index (Phi) is 6.19. The molecule has 0 spiro atoms. The van der Waals surface area contributed by atoms with Gasteiger partial charge in [-0.05, 0) is 24.5 Å². The first-order valence-electron chi connectivity index (χ1n) is 6.18. The molecule has 0 saturated heterocycles. The van der Waals surface area contributed by atoms with E-state index in [1.807, 2.05) is 0 Å². The Balaban J connectivity index is 2.62. The molecule has 0 bridgehead atoms. The van der Waals surface area contributed by atoms with Crippen molar-refractivity contribution in [3.05, 3.63) is 35.4 Å². The molecule has 0 radical (unpaired) electrons. The van der Waals surface area contributed by atoms with E-state index in [0.717, 1.165) is 6.07 Å². The molecule has 7 heteroatoms. The van der Waals surface area contributed by atoms with Crippen molar-refractivity contribution in [2.75, 3.05) is 21.3 Å². The lowest BCUT2D eigenvalue weighted by Gasteiger charge is -2.24. The third kappa shape index (κ3) is 4.59. The highest BCUT2D eigenvalue weighted by Gasteiger charge is 2.37. The van der Waals surface area contributed by atoms with Crippen molar-refractivity contribution in [1.29, 1.82) is 0 Å². The Morgan fingerprint density at radius 2 is 1.65 bits per heavy atom. The van der Waals surface area contributed by atoms with Crippen molar-refractivity contribution in [3.63, 3.8) is 0 Å². The summed E-state index contributed by atoms with van der Waals surface area (Å²) in [7, 11) is 1.91. The van der Waals surface area contributed by atoms with E-state index in [4.69, 9.17) is 13.3 Å². The highest BCUT2D eigenvalue weighted by atomic mass is 28.4. The first kappa shape index (κ1) is 17.2. The molecular formula is C13H19F3O3Si. The van der Waals surface area contributed by atoms with Crippen molar-refractivity contribution in [1.82, 2.24) is 0 Å². The maximum Gasteiger partial charge on any atom is 0.500 e. The van der Waals surface area contributed by atoms with Gasteiger partial charge in [0, 0.05) is 27.4 Å². The molecule has 0 aromatic heterocycles. The van der Waals surface area contributed by atoms with Crippen LogP contribution in [0.25, 0.3) is 0 Å². The lowest BCUT2D eigenvalue weighted by Crippen LogP contribution is -2.42. The average Bonchev–Trinajstić information content (AvgIpc) is 2.44. The maximum absolute atomic E-state index is 12.6. The van der Waals surface area contributed by atoms with Gasteiger partial charge in [0.05, 0.1) is 5.56 Å². The SMILES string of the molecule is CO[Si](CCCc1cccc(C(F)(F)F)c1)(OC)OC. The molecule has 0 heterocycles. The number of benzene rings is 1. The van der Waals surface area contributed by atoms with Gasteiger partial charge in [-0.1, -0.05) is 18.2 Å². The summed E-state index contributed by atoms with van der Waals surface area (Å²) in [6.07, 6.45) is -3.14. The summed E-state index contributed by atoms with van der Waals surface area (Å²) in [5.74, 6) is 0. The first-order chi connectivity index (χ1) is 9.37. The molecule has 20 heavy (non-hydrogen) atoms. The van der Waals surface area contributed by atoms with Gasteiger partial charge < -0.3 is 13.3 Å². The Hall–Kier alpha value is -0.893. The fourth-order valence-corrected chi connectivity index (χ4v) is 3.69. The zero-order chi connectivity index (χ0) is 15.2. The van der Waals surface area contributed by atoms with Crippen LogP contribution < -0.4 is 0 Å². The van der Waals surface area contributed by atoms with Crippen LogP contribution in [-0.4, -0.2) is 30.1 Å². The molecular weight excluding hydrogens is 289 g/mol. The number of rotatable bonds is 7. The summed E-state index contributed by atoms with van der Waals surface area (Å²) in [6, 6.07) is 5.92. The van der Waals surface area contributed by atoms with Crippen molar-refractivity contribution >= 4 is 8.80 Å². The molecule has 3 nitrogen and oxygen atoms in total. The van der Waals surface area contributed by atoms with E-state index < -0.39 is 20.5 Å². The normalized spacial score (nSPS) is 12.7. The molecule has 0 N–H and O–H groups in total. The smallest absolute Gasteiger partial charge is 0.377 e. The van der Waals surface area contributed by atoms with Gasteiger partial charge in [0.1, 0.15) is 0 Å². The maximum atomic E-state index is 12.6. The standard InChI is InChI=1S/C13H19F3O3Si/c1-17-20(18-2,19-3)9-5-7-11-6-4-8-12(10-11)13(14,15)16/h4,6,8,10H,5,7,9H2,1-3H3. The second-order valence-electron chi connectivity index (χ2n) is 4.35. The van der Waals surface area contributed by atoms with Gasteiger partial charge in [0.2, 0.25) is 0 Å². The van der Waals surface area contributed by atoms with E-state index in [1.54, 1.807) is 6.07 Å². The van der Waals surface area contributed by atoms with Gasteiger partial charge in [-0.2, -0.15) is 13.2 Å². The van der Waals surface area contributed by atoms with Crippen molar-refractivity contribution in [2.45, 2.75) is 25.1 Å². The highest BCUT2D eigenvalue weighted by Crippen LogP contribution is 2.30. The predicted molar refractivity (Wildman–Crippen MR) is 71.4 cm³/mol. The van der Waals surface area contributed by atoms with Gasteiger partial charge in [-0.3, -0.25) is 0 Å². The second kappa shape index (κ2) is 7.21. The number of hydrogen-bond donors (Lipinski definition) is 0. The lowest BCUT2D eigenvalue weighted by atomic mass is 10.1. The van der Waals surface area contributed by atoms with Crippen LogP contribution >= 0.6 is 0 Å². The number of hydrogen-bond acceptors (Lipinski definition) is 3. The average molecular weight is 308 g/mol. The topological polar surface area (TPSA) is 27.7 Å². The monoisotopic (exact) mass is 308 g/mol. The third-order valence-electron chi connectivity index (χ3n) is 3.14. The molecule has 0 aliphatic rings. The van der Waals surface area contributed by atoms with Crippen LogP contribution in [0.5, 0.6) is 0 Å². The summed E-state index contributed by atoms with van der Waals surface area (Å²) in [5, 5.41) is 0. The fourth-order valence-electron chi connectivity index (χ4n) is 1.97. The zero-order valence-corrected chi connectivity index (χ0v) is 12.8. The van der Waals surface area contributed by atoms with E-state index >= 15 is 0 Å². The van der Waals surface area contributed by atoms with Crippen LogP contribution in [0.4, 0.5) is 13.2 Å². The molecule has 1 aromatic rings. The molecule has 0 unspecified atom stereocenters. The van der Waals surface area contributed by atoms with Gasteiger partial charge in [0.15, 0.2) is 0 Å². The van der Waals surface area contributed by atoms with E-state index in [1.165, 1.54) is 33.5 Å². The van der Waals surface area contributed by atoms with Gasteiger partial charge >= 0.3 is 15.0 Å². The Morgan fingerprint density at radius 3 is 2.15 bits per heavy atom. The number of halogens is 3. The molecule has 1 rings (SSSR count). The molecule has 0 saturated carbocycles. The minimum Gasteiger partial charge on any atom is -0.377 e. The van der Waals surface area contributed by atoms with Gasteiger partial charge in [0.25, 0.3) is 0 Å². The molecule has 114 valence electrons. The zero-order valence-electron chi connectivity index (χ0n) is 11.8. The van der Waals surface area contributed by atoms with Crippen LogP contribution in [0.15, 0.2) is 24.3 Å². The predicted octanol–water partition coefficient (Wildman–Crippen LogP) is 3.52. The van der Waals surface area contributed by atoms with Crippen LogP contribution in [0.2, 0.25) is 6.04 Å². The number of alkyl halides is 3. The minimum atomic E-state index is -4.31. The van der Waals surface area contributed by atoms with Crippen molar-refractivity contribution < 1.29 is 26.4 Å². The third-order valence-corrected chi connectivity index (χ3v) is 5.97. The summed E-state index contributed by atoms with van der Waals surface area (Å²) in [6.45, 7) is 0. The second-order valence-corrected chi connectivity index (χ2v) is 7.44. The molecule has 0 aliphatic carbocycles. The molecule has 0 amide bonds. The van der Waals surface area contributed by atoms with Crippen LogP contribution in [0.1, 0.15) is 17.5 Å². The molecule has 0 aliphatic heterocycles. The lowest BCUT2D eigenvalue weighted by molar-refractivity contribution is -0.137. The first-order valence-corrected chi connectivity index (χ1v) is 8.11. The summed E-state index contributed by atoms with van der Waals surface area (Å²) < 4.78 is 53.6. The molecule has 0 atom stereocenters. The van der Waals surface area contributed by atoms with Crippen LogP contribution in [0, 0.1) is 0 Å².